The van der Waals surface area contributed by atoms with Crippen molar-refractivity contribution in [1.82, 2.24) is 46.8 Å². The minimum Gasteiger partial charge on any atom is -0.508 e. The molecule has 1 aromatic heterocycles. The first-order valence-corrected chi connectivity index (χ1v) is 24.8. The second-order valence-electron chi connectivity index (χ2n) is 18.9. The monoisotopic (exact) mass is 1050 g/mol. The molecule has 1 aliphatic heterocycles. The van der Waals surface area contributed by atoms with E-state index in [0.717, 1.165) is 0 Å². The molecule has 1 fully saturated rings. The van der Waals surface area contributed by atoms with Gasteiger partial charge in [0.25, 0.3) is 0 Å². The van der Waals surface area contributed by atoms with Gasteiger partial charge in [0.05, 0.1) is 18.8 Å². The number of likely N-dealkylation sites (tertiary alicyclic amines) is 1. The van der Waals surface area contributed by atoms with E-state index in [0.29, 0.717) is 29.7 Å². The number of benzene rings is 2. The van der Waals surface area contributed by atoms with E-state index in [1.165, 1.54) is 41.7 Å². The number of imidazole rings is 1. The molecule has 4 rings (SSSR count). The third-order valence-electron chi connectivity index (χ3n) is 12.7. The molecule has 25 heteroatoms. The number of hydrogen-bond acceptors (Lipinski definition) is 13. The Morgan fingerprint density at radius 1 is 0.747 bits per heavy atom. The van der Waals surface area contributed by atoms with Crippen LogP contribution in [0.5, 0.6) is 5.75 Å². The molecule has 1 aliphatic rings. The van der Waals surface area contributed by atoms with E-state index in [9.17, 15) is 58.5 Å². The molecule has 0 aliphatic carbocycles. The summed E-state index contributed by atoms with van der Waals surface area (Å²) < 4.78 is 0. The number of nitrogens with one attached hydrogen (secondary N) is 7. The van der Waals surface area contributed by atoms with Gasteiger partial charge in [-0.15, -0.1) is 0 Å². The predicted octanol–water partition coefficient (Wildman–Crippen LogP) is -1.31. The molecule has 3 aromatic rings. The molecule has 1 saturated heterocycles. The van der Waals surface area contributed by atoms with Crippen molar-refractivity contribution in [2.24, 2.45) is 34.0 Å². The fraction of sp³-hybridized carbons (Fsp3) is 0.500. The number of aromatic hydroxyl groups is 1. The van der Waals surface area contributed by atoms with E-state index in [1.54, 1.807) is 58.0 Å². The van der Waals surface area contributed by atoms with Crippen LogP contribution < -0.4 is 49.1 Å². The van der Waals surface area contributed by atoms with E-state index < -0.39 is 120 Å². The van der Waals surface area contributed by atoms with Crippen LogP contribution in [-0.4, -0.2) is 151 Å². The van der Waals surface area contributed by atoms with E-state index in [2.05, 4.69) is 46.9 Å². The van der Waals surface area contributed by atoms with Crippen LogP contribution in [0.1, 0.15) is 83.0 Å². The summed E-state index contributed by atoms with van der Waals surface area (Å²) in [5.41, 5.74) is 18.2. The van der Waals surface area contributed by atoms with Crippen molar-refractivity contribution in [3.63, 3.8) is 0 Å². The molecule has 0 radical (unpaired) electrons. The first kappa shape index (κ1) is 59.5. The molecule has 0 saturated carbocycles. The lowest BCUT2D eigenvalue weighted by atomic mass is 9.96. The highest BCUT2D eigenvalue weighted by Gasteiger charge is 2.41. The average molecular weight is 1050 g/mol. The number of aromatic amines is 1. The van der Waals surface area contributed by atoms with Crippen LogP contribution in [-0.2, 0) is 62.4 Å². The SMILES string of the molecule is CC[C@H](C)C(NC(=O)[C@H](Cc1ccc(O)cc1)NC(=O)[C@H](NC(=O)[C@H](CCCN=C(N)N)NC(=O)[C@@H](N)CC(=O)O)C(C)C)C(=O)N[C@@H](Cc1cnc[nH]1)C(=O)N1CCC[C@H]1C(=O)N[C@@H](Cc1ccccc1)C(=O)O. The number of nitrogens with zero attached hydrogens (tertiary/aromatic N) is 3. The van der Waals surface area contributed by atoms with E-state index in [1.807, 2.05) is 0 Å². The second kappa shape index (κ2) is 29.0. The Morgan fingerprint density at radius 3 is 1.95 bits per heavy atom. The Bertz CT molecular complexity index is 2450. The fourth-order valence-electron chi connectivity index (χ4n) is 8.31. The van der Waals surface area contributed by atoms with Gasteiger partial charge in [-0.25, -0.2) is 9.78 Å². The number of aromatic nitrogens is 2. The number of carboxylic acid groups (broad SMARTS) is 2. The number of phenols is 1. The summed E-state index contributed by atoms with van der Waals surface area (Å²) in [6, 6.07) is 3.95. The summed E-state index contributed by atoms with van der Waals surface area (Å²) in [7, 11) is 0. The molecule has 2 heterocycles. The van der Waals surface area contributed by atoms with Crippen molar-refractivity contribution < 1.29 is 58.5 Å². The Morgan fingerprint density at radius 2 is 1.35 bits per heavy atom. The Labute approximate surface area is 434 Å². The normalized spacial score (nSPS) is 16.3. The van der Waals surface area contributed by atoms with Crippen molar-refractivity contribution in [2.75, 3.05) is 13.1 Å². The standard InChI is InChI=1S/C50H71N13O12/c1-5-28(4)41(47(72)59-36(23-31-25-54-26-56-31)48(73)63-20-10-14-38(63)45(70)60-37(49(74)75)22-29-11-7-6-8-12-29)62-44(69)35(21-30-15-17-32(64)18-16-30)58-46(71)40(27(2)3)61-43(68)34(13-9-19-55-50(52)53)57-42(67)33(51)24-39(65)66/h6-8,11-12,15-18,25-28,33-38,40-41,64H,5,9-10,13-14,19-24,51H2,1-4H3,(H,54,56)(H,57,67)(H,58,71)(H,59,72)(H,60,70)(H,61,68)(H,62,69)(H,65,66)(H,74,75)(H4,52,53,55)/t28-,33-,34-,35-,36-,37-,38-,40+,41?/m0/s1. The molecule has 75 heavy (non-hydrogen) atoms. The van der Waals surface area contributed by atoms with Crippen LogP contribution in [0.4, 0.5) is 0 Å². The number of nitrogens with two attached hydrogens (primary N) is 3. The summed E-state index contributed by atoms with van der Waals surface area (Å²) in [6.07, 6.45) is 2.92. The lowest BCUT2D eigenvalue weighted by Gasteiger charge is -2.32. The summed E-state index contributed by atoms with van der Waals surface area (Å²) in [5, 5.41) is 45.1. The van der Waals surface area contributed by atoms with E-state index in [4.69, 9.17) is 17.2 Å². The van der Waals surface area contributed by atoms with Gasteiger partial charge in [-0.1, -0.05) is 76.6 Å². The van der Waals surface area contributed by atoms with Crippen molar-refractivity contribution in [2.45, 2.75) is 134 Å². The molecule has 7 amide bonds. The number of rotatable bonds is 29. The van der Waals surface area contributed by atoms with Gasteiger partial charge < -0.3 is 74.3 Å². The Balaban J connectivity index is 1.59. The molecule has 408 valence electrons. The number of aliphatic imine (C=N–C) groups is 1. The number of carboxylic acids is 2. The summed E-state index contributed by atoms with van der Waals surface area (Å²) >= 11 is 0. The Kier molecular flexibility index (Phi) is 23.0. The number of guanidine groups is 1. The van der Waals surface area contributed by atoms with Crippen LogP contribution in [0.3, 0.4) is 0 Å². The third kappa shape index (κ3) is 18.7. The van der Waals surface area contributed by atoms with Gasteiger partial charge in [-0.2, -0.15) is 0 Å². The van der Waals surface area contributed by atoms with Gasteiger partial charge in [0.15, 0.2) is 5.96 Å². The van der Waals surface area contributed by atoms with Crippen molar-refractivity contribution in [3.8, 4) is 5.75 Å². The van der Waals surface area contributed by atoms with Crippen LogP contribution in [0.25, 0.3) is 0 Å². The largest absolute Gasteiger partial charge is 0.508 e. The van der Waals surface area contributed by atoms with Gasteiger partial charge in [0.2, 0.25) is 41.4 Å². The zero-order valence-electron chi connectivity index (χ0n) is 42.5. The number of aliphatic carboxylic acids is 2. The van der Waals surface area contributed by atoms with Gasteiger partial charge in [-0.3, -0.25) is 43.3 Å². The highest BCUT2D eigenvalue weighted by Crippen LogP contribution is 2.21. The van der Waals surface area contributed by atoms with Gasteiger partial charge in [-0.05, 0) is 60.8 Å². The maximum absolute atomic E-state index is 14.6. The topological polar surface area (TPSA) is 409 Å². The zero-order chi connectivity index (χ0) is 55.4. The summed E-state index contributed by atoms with van der Waals surface area (Å²) in [4.78, 5) is 134. The predicted molar refractivity (Wildman–Crippen MR) is 273 cm³/mol. The molecule has 25 nitrogen and oxygen atoms in total. The summed E-state index contributed by atoms with van der Waals surface area (Å²) in [5.74, 6) is -9.64. The molecule has 16 N–H and O–H groups in total. The number of phenolic OH excluding ortho intramolecular Hbond substituents is 1. The fourth-order valence-corrected chi connectivity index (χ4v) is 8.31. The maximum Gasteiger partial charge on any atom is 0.326 e. The summed E-state index contributed by atoms with van der Waals surface area (Å²) in [6.45, 7) is 6.90. The van der Waals surface area contributed by atoms with Crippen LogP contribution >= 0.6 is 0 Å². The van der Waals surface area contributed by atoms with Crippen LogP contribution in [0.15, 0.2) is 72.1 Å². The molecule has 1 unspecified atom stereocenters. The molecular formula is C50H71N13O12. The van der Waals surface area contributed by atoms with Crippen molar-refractivity contribution in [3.05, 3.63) is 83.9 Å². The second-order valence-corrected chi connectivity index (χ2v) is 18.9. The molecule has 2 aromatic carbocycles. The number of hydrogen-bond donors (Lipinski definition) is 13. The quantitative estimate of drug-likeness (QED) is 0.0218. The molecule has 0 spiro atoms. The van der Waals surface area contributed by atoms with E-state index >= 15 is 0 Å². The third-order valence-corrected chi connectivity index (χ3v) is 12.7. The molecular weight excluding hydrogens is 975 g/mol. The number of amides is 7. The van der Waals surface area contributed by atoms with Gasteiger partial charge in [0.1, 0.15) is 48.0 Å². The van der Waals surface area contributed by atoms with Crippen LogP contribution in [0, 0.1) is 11.8 Å². The molecule has 0 bridgehead atoms. The molecule has 9 atom stereocenters. The lowest BCUT2D eigenvalue weighted by Crippen LogP contribution is -2.62. The van der Waals surface area contributed by atoms with Crippen molar-refractivity contribution in [1.29, 1.82) is 0 Å². The first-order chi connectivity index (χ1) is 35.6. The van der Waals surface area contributed by atoms with Gasteiger partial charge >= 0.3 is 11.9 Å². The average Bonchev–Trinajstić information content (AvgIpc) is 4.08. The maximum atomic E-state index is 14.6. The van der Waals surface area contributed by atoms with Crippen LogP contribution in [0.2, 0.25) is 0 Å². The number of carbonyl (C=O) groups is 9. The van der Waals surface area contributed by atoms with Gasteiger partial charge in [0, 0.05) is 44.2 Å². The first-order valence-electron chi connectivity index (χ1n) is 24.8. The Hall–Kier alpha value is -8.09. The lowest BCUT2D eigenvalue weighted by molar-refractivity contribution is -0.145. The van der Waals surface area contributed by atoms with Crippen molar-refractivity contribution >= 4 is 59.2 Å². The highest BCUT2D eigenvalue weighted by molar-refractivity contribution is 5.98. The van der Waals surface area contributed by atoms with E-state index in [-0.39, 0.29) is 63.3 Å². The minimum atomic E-state index is -1.51. The number of H-pyrrole nitrogens is 1. The number of carbonyl (C=O) groups excluding carboxylic acids is 7. The zero-order valence-corrected chi connectivity index (χ0v) is 42.5. The minimum absolute atomic E-state index is 0.00211. The smallest absolute Gasteiger partial charge is 0.326 e. The highest BCUT2D eigenvalue weighted by atomic mass is 16.4.